The van der Waals surface area contributed by atoms with Gasteiger partial charge in [0.05, 0.1) is 0 Å². The number of nitrogens with one attached hydrogen (secondary N) is 1. The van der Waals surface area contributed by atoms with E-state index in [0.717, 1.165) is 23.8 Å². The lowest BCUT2D eigenvalue weighted by Gasteiger charge is -2.47. The maximum atomic E-state index is 3.90. The van der Waals surface area contributed by atoms with Gasteiger partial charge in [-0.25, -0.2) is 0 Å². The highest BCUT2D eigenvalue weighted by molar-refractivity contribution is 4.92. The van der Waals surface area contributed by atoms with Gasteiger partial charge in [-0.2, -0.15) is 0 Å². The van der Waals surface area contributed by atoms with Crippen LogP contribution < -0.4 is 5.32 Å². The second-order valence-electron chi connectivity index (χ2n) is 7.83. The van der Waals surface area contributed by atoms with Crippen LogP contribution in [0.15, 0.2) is 0 Å². The van der Waals surface area contributed by atoms with Crippen LogP contribution in [0.1, 0.15) is 72.6 Å². The minimum atomic E-state index is 0.707. The van der Waals surface area contributed by atoms with Crippen LogP contribution in [0.4, 0.5) is 0 Å². The summed E-state index contributed by atoms with van der Waals surface area (Å²) in [5.41, 5.74) is 0. The van der Waals surface area contributed by atoms with Gasteiger partial charge in [-0.05, 0) is 30.6 Å². The molecule has 0 aromatic rings. The summed E-state index contributed by atoms with van der Waals surface area (Å²) in [5.74, 6) is 2.59. The van der Waals surface area contributed by atoms with Crippen molar-refractivity contribution in [3.8, 4) is 0 Å². The van der Waals surface area contributed by atoms with Crippen molar-refractivity contribution in [3.63, 3.8) is 0 Å². The van der Waals surface area contributed by atoms with Crippen LogP contribution in [0.5, 0.6) is 0 Å². The molecule has 2 aliphatic rings. The first-order valence-electron chi connectivity index (χ1n) is 9.63. The molecule has 1 N–H and O–H groups in total. The van der Waals surface area contributed by atoms with Crippen LogP contribution in [0, 0.1) is 17.8 Å². The van der Waals surface area contributed by atoms with Crippen molar-refractivity contribution >= 4 is 0 Å². The summed E-state index contributed by atoms with van der Waals surface area (Å²) in [7, 11) is 0. The van der Waals surface area contributed by atoms with E-state index >= 15 is 0 Å². The van der Waals surface area contributed by atoms with Crippen LogP contribution in [-0.2, 0) is 0 Å². The molecule has 1 aliphatic carbocycles. The van der Waals surface area contributed by atoms with Gasteiger partial charge < -0.3 is 5.32 Å². The molecule has 2 rings (SSSR count). The number of hydrogen-bond donors (Lipinski definition) is 1. The number of rotatable bonds is 6. The average Bonchev–Trinajstić information content (AvgIpc) is 2.54. The van der Waals surface area contributed by atoms with E-state index in [4.69, 9.17) is 0 Å². The molecule has 124 valence electrons. The molecule has 0 bridgehead atoms. The molecule has 0 aromatic carbocycles. The van der Waals surface area contributed by atoms with Gasteiger partial charge in [0.15, 0.2) is 0 Å². The van der Waals surface area contributed by atoms with E-state index in [-0.39, 0.29) is 0 Å². The van der Waals surface area contributed by atoms with Crippen LogP contribution in [0.3, 0.4) is 0 Å². The molecule has 0 aromatic heterocycles. The summed E-state index contributed by atoms with van der Waals surface area (Å²) in [6.45, 7) is 13.3. The quantitative estimate of drug-likeness (QED) is 0.785. The Morgan fingerprint density at radius 2 is 1.76 bits per heavy atom. The number of nitrogens with zero attached hydrogens (tertiary/aromatic N) is 1. The summed E-state index contributed by atoms with van der Waals surface area (Å²) in [6, 6.07) is 1.51. The van der Waals surface area contributed by atoms with Crippen molar-refractivity contribution in [2.45, 2.75) is 84.7 Å². The summed E-state index contributed by atoms with van der Waals surface area (Å²) in [4.78, 5) is 2.87. The third-order valence-corrected chi connectivity index (χ3v) is 6.26. The minimum Gasteiger partial charge on any atom is -0.311 e. The normalized spacial score (nSPS) is 32.0. The van der Waals surface area contributed by atoms with E-state index in [9.17, 15) is 0 Å². The Balaban J connectivity index is 2.00. The molecular weight excluding hydrogens is 256 g/mol. The summed E-state index contributed by atoms with van der Waals surface area (Å²) >= 11 is 0. The lowest BCUT2D eigenvalue weighted by atomic mass is 9.81. The molecule has 1 heterocycles. The highest BCUT2D eigenvalue weighted by Gasteiger charge is 2.35. The number of hydrogen-bond acceptors (Lipinski definition) is 2. The van der Waals surface area contributed by atoms with E-state index in [1.54, 1.807) is 0 Å². The smallest absolute Gasteiger partial charge is 0.0249 e. The molecule has 4 atom stereocenters. The predicted molar refractivity (Wildman–Crippen MR) is 92.6 cm³/mol. The van der Waals surface area contributed by atoms with Crippen LogP contribution in [0.25, 0.3) is 0 Å². The molecule has 1 aliphatic heterocycles. The van der Waals surface area contributed by atoms with Crippen LogP contribution in [-0.4, -0.2) is 36.6 Å². The first-order valence-corrected chi connectivity index (χ1v) is 9.63. The maximum absolute atomic E-state index is 3.90. The fraction of sp³-hybridized carbons (Fsp3) is 1.00. The highest BCUT2D eigenvalue weighted by Crippen LogP contribution is 2.31. The standard InChI is InChI=1S/C19H38N2/c1-5-15(3)13-21-14-18(16(4)6-2)20-12-19(21)17-10-8-7-9-11-17/h15-20H,5-14H2,1-4H3. The molecule has 0 spiro atoms. The van der Waals surface area contributed by atoms with Gasteiger partial charge >= 0.3 is 0 Å². The molecule has 1 saturated carbocycles. The number of piperazine rings is 1. The lowest BCUT2D eigenvalue weighted by molar-refractivity contribution is 0.0480. The Morgan fingerprint density at radius 3 is 2.38 bits per heavy atom. The molecule has 2 heteroatoms. The zero-order valence-electron chi connectivity index (χ0n) is 14.9. The van der Waals surface area contributed by atoms with Gasteiger partial charge in [-0.3, -0.25) is 4.90 Å². The predicted octanol–water partition coefficient (Wildman–Crippen LogP) is 4.30. The molecule has 2 fully saturated rings. The molecule has 0 radical (unpaired) electrons. The topological polar surface area (TPSA) is 15.3 Å². The van der Waals surface area contributed by atoms with Crippen molar-refractivity contribution in [2.24, 2.45) is 17.8 Å². The molecular formula is C19H38N2. The SMILES string of the molecule is CCC(C)CN1CC(C(C)CC)NCC1C1CCCCC1. The largest absolute Gasteiger partial charge is 0.311 e. The molecule has 2 nitrogen and oxygen atoms in total. The monoisotopic (exact) mass is 294 g/mol. The lowest BCUT2D eigenvalue weighted by Crippen LogP contribution is -2.61. The molecule has 21 heavy (non-hydrogen) atoms. The second-order valence-corrected chi connectivity index (χ2v) is 7.83. The highest BCUT2D eigenvalue weighted by atomic mass is 15.2. The third-order valence-electron chi connectivity index (χ3n) is 6.26. The third kappa shape index (κ3) is 4.69. The summed E-state index contributed by atoms with van der Waals surface area (Å²) < 4.78 is 0. The fourth-order valence-corrected chi connectivity index (χ4v) is 4.24. The average molecular weight is 295 g/mol. The summed E-state index contributed by atoms with van der Waals surface area (Å²) in [6.07, 6.45) is 9.95. The van der Waals surface area contributed by atoms with E-state index in [2.05, 4.69) is 37.9 Å². The Labute approximate surface area is 133 Å². The van der Waals surface area contributed by atoms with E-state index in [1.165, 1.54) is 64.6 Å². The molecule has 1 saturated heterocycles. The summed E-state index contributed by atoms with van der Waals surface area (Å²) in [5, 5.41) is 3.90. The zero-order valence-corrected chi connectivity index (χ0v) is 14.9. The van der Waals surface area contributed by atoms with Gasteiger partial charge in [0.2, 0.25) is 0 Å². The Bertz CT molecular complexity index is 285. The Morgan fingerprint density at radius 1 is 1.05 bits per heavy atom. The van der Waals surface area contributed by atoms with E-state index < -0.39 is 0 Å². The molecule has 4 unspecified atom stereocenters. The van der Waals surface area contributed by atoms with Crippen molar-refractivity contribution in [3.05, 3.63) is 0 Å². The zero-order chi connectivity index (χ0) is 15.2. The van der Waals surface area contributed by atoms with Gasteiger partial charge in [-0.1, -0.05) is 59.8 Å². The van der Waals surface area contributed by atoms with Gasteiger partial charge in [0.25, 0.3) is 0 Å². The first-order chi connectivity index (χ1) is 10.2. The molecule has 0 amide bonds. The first kappa shape index (κ1) is 17.3. The maximum Gasteiger partial charge on any atom is 0.0249 e. The van der Waals surface area contributed by atoms with Crippen molar-refractivity contribution < 1.29 is 0 Å². The van der Waals surface area contributed by atoms with Crippen molar-refractivity contribution in [2.75, 3.05) is 19.6 Å². The van der Waals surface area contributed by atoms with Gasteiger partial charge in [0, 0.05) is 31.7 Å². The van der Waals surface area contributed by atoms with E-state index in [0.29, 0.717) is 6.04 Å². The van der Waals surface area contributed by atoms with Gasteiger partial charge in [0.1, 0.15) is 0 Å². The van der Waals surface area contributed by atoms with Crippen molar-refractivity contribution in [1.82, 2.24) is 10.2 Å². The van der Waals surface area contributed by atoms with Crippen LogP contribution in [0.2, 0.25) is 0 Å². The van der Waals surface area contributed by atoms with Crippen molar-refractivity contribution in [1.29, 1.82) is 0 Å². The minimum absolute atomic E-state index is 0.707. The van der Waals surface area contributed by atoms with E-state index in [1.807, 2.05) is 0 Å². The Kier molecular flexibility index (Phi) is 7.01. The van der Waals surface area contributed by atoms with Crippen LogP contribution >= 0.6 is 0 Å². The second kappa shape index (κ2) is 8.53. The fourth-order valence-electron chi connectivity index (χ4n) is 4.24. The Hall–Kier alpha value is -0.0800. The van der Waals surface area contributed by atoms with Gasteiger partial charge in [-0.15, -0.1) is 0 Å².